The number of nitrogens with one attached hydrogen (secondary N) is 1. The SMILES string of the molecule is CC(CC(C)(C)c1ccccc1)NCc1ccc(Cl)cc1. The predicted molar refractivity (Wildman–Crippen MR) is 91.8 cm³/mol. The van der Waals surface area contributed by atoms with Crippen LogP contribution in [0, 0.1) is 0 Å². The van der Waals surface area contributed by atoms with Crippen molar-refractivity contribution in [1.82, 2.24) is 5.32 Å². The van der Waals surface area contributed by atoms with Gasteiger partial charge in [0.1, 0.15) is 0 Å². The standard InChI is InChI=1S/C19H24ClN/c1-15(21-14-16-9-11-18(20)12-10-16)13-19(2,3)17-7-5-4-6-8-17/h4-12,15,21H,13-14H2,1-3H3. The molecule has 0 heterocycles. The molecule has 2 aromatic rings. The summed E-state index contributed by atoms with van der Waals surface area (Å²) < 4.78 is 0. The van der Waals surface area contributed by atoms with Crippen molar-refractivity contribution in [1.29, 1.82) is 0 Å². The molecule has 0 saturated carbocycles. The maximum atomic E-state index is 5.91. The van der Waals surface area contributed by atoms with E-state index in [1.54, 1.807) is 0 Å². The Kier molecular flexibility index (Phi) is 5.44. The van der Waals surface area contributed by atoms with Gasteiger partial charge in [0, 0.05) is 17.6 Å². The molecule has 0 fully saturated rings. The van der Waals surface area contributed by atoms with E-state index < -0.39 is 0 Å². The Labute approximate surface area is 133 Å². The fraction of sp³-hybridized carbons (Fsp3) is 0.368. The topological polar surface area (TPSA) is 12.0 Å². The molecule has 2 aromatic carbocycles. The van der Waals surface area contributed by atoms with Crippen LogP contribution >= 0.6 is 11.6 Å². The van der Waals surface area contributed by atoms with Crippen molar-refractivity contribution in [2.45, 2.75) is 45.2 Å². The van der Waals surface area contributed by atoms with Crippen molar-refractivity contribution < 1.29 is 0 Å². The van der Waals surface area contributed by atoms with Gasteiger partial charge in [-0.25, -0.2) is 0 Å². The van der Waals surface area contributed by atoms with Crippen LogP contribution in [0.3, 0.4) is 0 Å². The van der Waals surface area contributed by atoms with Gasteiger partial charge in [-0.2, -0.15) is 0 Å². The largest absolute Gasteiger partial charge is 0.310 e. The smallest absolute Gasteiger partial charge is 0.0406 e. The van der Waals surface area contributed by atoms with Gasteiger partial charge in [-0.05, 0) is 42.0 Å². The summed E-state index contributed by atoms with van der Waals surface area (Å²) in [7, 11) is 0. The molecule has 21 heavy (non-hydrogen) atoms. The van der Waals surface area contributed by atoms with Crippen molar-refractivity contribution in [3.63, 3.8) is 0 Å². The van der Waals surface area contributed by atoms with Gasteiger partial charge in [0.15, 0.2) is 0 Å². The van der Waals surface area contributed by atoms with Gasteiger partial charge in [0.25, 0.3) is 0 Å². The first kappa shape index (κ1) is 16.1. The average molecular weight is 302 g/mol. The van der Waals surface area contributed by atoms with Gasteiger partial charge in [-0.3, -0.25) is 0 Å². The number of rotatable bonds is 6. The molecule has 0 amide bonds. The van der Waals surface area contributed by atoms with E-state index in [4.69, 9.17) is 11.6 Å². The highest BCUT2D eigenvalue weighted by Crippen LogP contribution is 2.28. The van der Waals surface area contributed by atoms with Crippen LogP contribution in [-0.4, -0.2) is 6.04 Å². The highest BCUT2D eigenvalue weighted by molar-refractivity contribution is 6.30. The molecule has 0 radical (unpaired) electrons. The summed E-state index contributed by atoms with van der Waals surface area (Å²) in [6.45, 7) is 7.75. The molecular formula is C19H24ClN. The number of benzene rings is 2. The molecule has 0 aromatic heterocycles. The van der Waals surface area contributed by atoms with Gasteiger partial charge < -0.3 is 5.32 Å². The molecule has 0 aliphatic heterocycles. The molecule has 1 nitrogen and oxygen atoms in total. The van der Waals surface area contributed by atoms with E-state index >= 15 is 0 Å². The van der Waals surface area contributed by atoms with E-state index in [2.05, 4.69) is 68.6 Å². The van der Waals surface area contributed by atoms with Crippen LogP contribution in [0.1, 0.15) is 38.3 Å². The second kappa shape index (κ2) is 7.11. The Morgan fingerprint density at radius 1 is 1.00 bits per heavy atom. The molecular weight excluding hydrogens is 278 g/mol. The normalized spacial score (nSPS) is 13.1. The van der Waals surface area contributed by atoms with Crippen LogP contribution in [0.25, 0.3) is 0 Å². The lowest BCUT2D eigenvalue weighted by Gasteiger charge is -2.29. The van der Waals surface area contributed by atoms with Gasteiger partial charge >= 0.3 is 0 Å². The first-order valence-corrected chi connectivity index (χ1v) is 7.88. The molecule has 2 rings (SSSR count). The lowest BCUT2D eigenvalue weighted by atomic mass is 9.79. The first-order chi connectivity index (χ1) is 9.97. The van der Waals surface area contributed by atoms with Crippen molar-refractivity contribution >= 4 is 11.6 Å². The number of hydrogen-bond donors (Lipinski definition) is 1. The maximum absolute atomic E-state index is 5.91. The Bertz CT molecular complexity index is 546. The van der Waals surface area contributed by atoms with Crippen LogP contribution in [-0.2, 0) is 12.0 Å². The van der Waals surface area contributed by atoms with E-state index in [-0.39, 0.29) is 5.41 Å². The molecule has 0 saturated heterocycles. The number of halogens is 1. The monoisotopic (exact) mass is 301 g/mol. The zero-order valence-electron chi connectivity index (χ0n) is 13.1. The summed E-state index contributed by atoms with van der Waals surface area (Å²) in [6.07, 6.45) is 1.10. The van der Waals surface area contributed by atoms with E-state index in [1.165, 1.54) is 11.1 Å². The highest BCUT2D eigenvalue weighted by atomic mass is 35.5. The molecule has 1 unspecified atom stereocenters. The summed E-state index contributed by atoms with van der Waals surface area (Å²) in [4.78, 5) is 0. The molecule has 1 atom stereocenters. The third-order valence-electron chi connectivity index (χ3n) is 3.94. The van der Waals surface area contributed by atoms with E-state index in [9.17, 15) is 0 Å². The van der Waals surface area contributed by atoms with Crippen molar-refractivity contribution in [2.24, 2.45) is 0 Å². The van der Waals surface area contributed by atoms with Crippen LogP contribution in [0.5, 0.6) is 0 Å². The Morgan fingerprint density at radius 3 is 2.24 bits per heavy atom. The fourth-order valence-electron chi connectivity index (χ4n) is 2.74. The average Bonchev–Trinajstić information content (AvgIpc) is 2.47. The summed E-state index contributed by atoms with van der Waals surface area (Å²) in [5.41, 5.74) is 2.84. The lowest BCUT2D eigenvalue weighted by Crippen LogP contribution is -2.32. The molecule has 2 heteroatoms. The molecule has 0 bridgehead atoms. The minimum atomic E-state index is 0.174. The highest BCUT2D eigenvalue weighted by Gasteiger charge is 2.22. The van der Waals surface area contributed by atoms with Crippen LogP contribution in [0.2, 0.25) is 5.02 Å². The van der Waals surface area contributed by atoms with E-state index in [0.29, 0.717) is 6.04 Å². The van der Waals surface area contributed by atoms with Crippen molar-refractivity contribution in [2.75, 3.05) is 0 Å². The Hall–Kier alpha value is -1.31. The van der Waals surface area contributed by atoms with E-state index in [1.807, 2.05) is 12.1 Å². The van der Waals surface area contributed by atoms with Crippen molar-refractivity contribution in [3.8, 4) is 0 Å². The minimum Gasteiger partial charge on any atom is -0.310 e. The molecule has 0 aliphatic carbocycles. The quantitative estimate of drug-likeness (QED) is 0.774. The van der Waals surface area contributed by atoms with Crippen molar-refractivity contribution in [3.05, 3.63) is 70.7 Å². The van der Waals surface area contributed by atoms with Crippen LogP contribution < -0.4 is 5.32 Å². The third kappa shape index (κ3) is 4.87. The van der Waals surface area contributed by atoms with E-state index in [0.717, 1.165) is 18.0 Å². The van der Waals surface area contributed by atoms with Crippen LogP contribution in [0.4, 0.5) is 0 Å². The fourth-order valence-corrected chi connectivity index (χ4v) is 2.87. The Balaban J connectivity index is 1.89. The summed E-state index contributed by atoms with van der Waals surface area (Å²) in [5, 5.41) is 4.39. The summed E-state index contributed by atoms with van der Waals surface area (Å²) >= 11 is 5.91. The maximum Gasteiger partial charge on any atom is 0.0406 e. The van der Waals surface area contributed by atoms with Crippen LogP contribution in [0.15, 0.2) is 54.6 Å². The Morgan fingerprint density at radius 2 is 1.62 bits per heavy atom. The molecule has 1 N–H and O–H groups in total. The molecule has 0 spiro atoms. The zero-order chi connectivity index (χ0) is 15.3. The molecule has 112 valence electrons. The first-order valence-electron chi connectivity index (χ1n) is 7.51. The van der Waals surface area contributed by atoms with Gasteiger partial charge in [-0.15, -0.1) is 0 Å². The van der Waals surface area contributed by atoms with Gasteiger partial charge in [-0.1, -0.05) is 67.9 Å². The molecule has 0 aliphatic rings. The third-order valence-corrected chi connectivity index (χ3v) is 4.19. The van der Waals surface area contributed by atoms with Gasteiger partial charge in [0.05, 0.1) is 0 Å². The summed E-state index contributed by atoms with van der Waals surface area (Å²) in [5.74, 6) is 0. The second-order valence-electron chi connectivity index (χ2n) is 6.36. The zero-order valence-corrected chi connectivity index (χ0v) is 13.8. The lowest BCUT2D eigenvalue weighted by molar-refractivity contribution is 0.388. The number of hydrogen-bond acceptors (Lipinski definition) is 1. The minimum absolute atomic E-state index is 0.174. The summed E-state index contributed by atoms with van der Waals surface area (Å²) in [6, 6.07) is 19.2. The predicted octanol–water partition coefficient (Wildman–Crippen LogP) is 5.19. The second-order valence-corrected chi connectivity index (χ2v) is 6.80. The van der Waals surface area contributed by atoms with Gasteiger partial charge in [0.2, 0.25) is 0 Å².